The van der Waals surface area contributed by atoms with E-state index in [2.05, 4.69) is 32.2 Å². The fourth-order valence-corrected chi connectivity index (χ4v) is 3.11. The van der Waals surface area contributed by atoms with Crippen molar-refractivity contribution in [1.29, 1.82) is 0 Å². The molecule has 7 heteroatoms. The Morgan fingerprint density at radius 3 is 2.61 bits per heavy atom. The van der Waals surface area contributed by atoms with Crippen LogP contribution in [0, 0.1) is 5.82 Å². The zero-order chi connectivity index (χ0) is 22.2. The number of allylic oxidation sites excluding steroid dienone is 2. The van der Waals surface area contributed by atoms with Crippen molar-refractivity contribution >= 4 is 24.1 Å². The monoisotopic (exact) mass is 415 g/mol. The molecule has 2 aromatic heterocycles. The van der Waals surface area contributed by atoms with E-state index in [-0.39, 0.29) is 18.1 Å². The molecule has 6 nitrogen and oxygen atoms in total. The third kappa shape index (κ3) is 5.99. The number of hydrogen-bond acceptors (Lipinski definition) is 5. The Morgan fingerprint density at radius 2 is 1.97 bits per heavy atom. The molecule has 0 saturated heterocycles. The lowest BCUT2D eigenvalue weighted by Gasteiger charge is -2.08. The third-order valence-corrected chi connectivity index (χ3v) is 4.48. The molecule has 1 amide bonds. The number of halogens is 1. The highest BCUT2D eigenvalue weighted by Gasteiger charge is 2.08. The van der Waals surface area contributed by atoms with Gasteiger partial charge >= 0.3 is 0 Å². The van der Waals surface area contributed by atoms with E-state index in [9.17, 15) is 9.18 Å². The Kier molecular flexibility index (Phi) is 7.11. The Balaban J connectivity index is 1.66. The van der Waals surface area contributed by atoms with Crippen LogP contribution in [0.2, 0.25) is 0 Å². The lowest BCUT2D eigenvalue weighted by molar-refractivity contribution is -0.115. The van der Waals surface area contributed by atoms with Gasteiger partial charge in [-0.3, -0.25) is 9.79 Å². The molecule has 0 radical (unpaired) electrons. The van der Waals surface area contributed by atoms with Crippen molar-refractivity contribution in [3.8, 4) is 11.1 Å². The quantitative estimate of drug-likeness (QED) is 0.431. The fourth-order valence-electron chi connectivity index (χ4n) is 3.11. The first-order chi connectivity index (χ1) is 15.0. The minimum atomic E-state index is -0.309. The van der Waals surface area contributed by atoms with Crippen molar-refractivity contribution in [2.75, 3.05) is 5.32 Å². The summed E-state index contributed by atoms with van der Waals surface area (Å²) in [5.41, 5.74) is 4.70. The lowest BCUT2D eigenvalue weighted by Crippen LogP contribution is -2.12. The van der Waals surface area contributed by atoms with E-state index < -0.39 is 0 Å². The number of amides is 1. The molecule has 0 aliphatic carbocycles. The maximum Gasteiger partial charge on any atom is 0.229 e. The molecule has 3 aromatic rings. The van der Waals surface area contributed by atoms with Crippen molar-refractivity contribution in [3.05, 3.63) is 89.7 Å². The summed E-state index contributed by atoms with van der Waals surface area (Å²) in [5.74, 6) is -0.0655. The van der Waals surface area contributed by atoms with Crippen LogP contribution in [0.25, 0.3) is 16.8 Å². The molecule has 3 rings (SSSR count). The van der Waals surface area contributed by atoms with Gasteiger partial charge in [-0.05, 0) is 62.0 Å². The Hall–Kier alpha value is -4.00. The Bertz CT molecular complexity index is 1140. The van der Waals surface area contributed by atoms with Crippen LogP contribution in [0.4, 0.5) is 10.2 Å². The van der Waals surface area contributed by atoms with E-state index in [1.165, 1.54) is 12.1 Å². The van der Waals surface area contributed by atoms with E-state index in [4.69, 9.17) is 0 Å². The molecule has 156 valence electrons. The highest BCUT2D eigenvalue weighted by Crippen LogP contribution is 2.22. The van der Waals surface area contributed by atoms with Crippen LogP contribution in [-0.2, 0) is 4.79 Å². The molecule has 31 heavy (non-hydrogen) atoms. The molecule has 0 bridgehead atoms. The first-order valence-corrected chi connectivity index (χ1v) is 9.60. The maximum atomic E-state index is 13.4. The normalized spacial score (nSPS) is 12.2. The van der Waals surface area contributed by atoms with Crippen LogP contribution in [-0.4, -0.2) is 27.8 Å². The number of nitrogens with one attached hydrogen (secondary N) is 1. The second kappa shape index (κ2) is 10.2. The number of aromatic nitrogens is 3. The van der Waals surface area contributed by atoms with Gasteiger partial charge in [0, 0.05) is 23.7 Å². The summed E-state index contributed by atoms with van der Waals surface area (Å²) >= 11 is 0. The van der Waals surface area contributed by atoms with E-state index in [0.29, 0.717) is 11.5 Å². The van der Waals surface area contributed by atoms with Gasteiger partial charge in [0.05, 0.1) is 18.1 Å². The second-order valence-electron chi connectivity index (χ2n) is 6.98. The smallest absolute Gasteiger partial charge is 0.229 e. The van der Waals surface area contributed by atoms with Crippen molar-refractivity contribution < 1.29 is 9.18 Å². The standard InChI is InChI=1S/C24H22FN5O/c1-16(11-17(2)24(26-3)20-9-10-28-29-15-20)12-23(31)30-22-8-7-19(14-27-22)18-5-4-6-21(25)13-18/h4-11,13-15H,3,12H2,1-2H3,(H,27,30,31)/b16-11+,24-17-. The number of nitrogens with zero attached hydrogens (tertiary/aromatic N) is 4. The SMILES string of the molecule is C=N/C(=C(C)\C=C(/C)CC(=O)Nc1ccc(-c2cccc(F)c2)cn1)c1ccnnc1. The minimum Gasteiger partial charge on any atom is -0.310 e. The van der Waals surface area contributed by atoms with Gasteiger partial charge in [-0.15, -0.1) is 0 Å². The van der Waals surface area contributed by atoms with Gasteiger partial charge in [-0.1, -0.05) is 23.8 Å². The summed E-state index contributed by atoms with van der Waals surface area (Å²) in [7, 11) is 0. The average molecular weight is 415 g/mol. The number of carbonyl (C=O) groups excluding carboxylic acids is 1. The van der Waals surface area contributed by atoms with Crippen LogP contribution >= 0.6 is 0 Å². The van der Waals surface area contributed by atoms with Crippen LogP contribution in [0.1, 0.15) is 25.8 Å². The molecule has 0 spiro atoms. The average Bonchev–Trinajstić information content (AvgIpc) is 2.75. The molecule has 0 saturated carbocycles. The largest absolute Gasteiger partial charge is 0.310 e. The number of benzene rings is 1. The van der Waals surface area contributed by atoms with Gasteiger partial charge < -0.3 is 5.32 Å². The number of anilines is 1. The number of carbonyl (C=O) groups is 1. The molecular weight excluding hydrogens is 393 g/mol. The molecule has 0 fully saturated rings. The highest BCUT2D eigenvalue weighted by molar-refractivity contribution is 5.91. The van der Waals surface area contributed by atoms with Crippen LogP contribution in [0.5, 0.6) is 0 Å². The lowest BCUT2D eigenvalue weighted by atomic mass is 10.1. The summed E-state index contributed by atoms with van der Waals surface area (Å²) in [4.78, 5) is 20.7. The fraction of sp³-hybridized carbons (Fsp3) is 0.125. The van der Waals surface area contributed by atoms with Crippen molar-refractivity contribution in [2.24, 2.45) is 4.99 Å². The molecule has 0 aliphatic heterocycles. The predicted octanol–water partition coefficient (Wildman–Crippen LogP) is 5.08. The summed E-state index contributed by atoms with van der Waals surface area (Å²) in [6, 6.07) is 11.6. The van der Waals surface area contributed by atoms with Crippen molar-refractivity contribution in [3.63, 3.8) is 0 Å². The van der Waals surface area contributed by atoms with Gasteiger partial charge in [0.2, 0.25) is 5.91 Å². The summed E-state index contributed by atoms with van der Waals surface area (Å²) in [6.07, 6.45) is 6.89. The first-order valence-electron chi connectivity index (χ1n) is 9.60. The molecule has 1 aromatic carbocycles. The second-order valence-corrected chi connectivity index (χ2v) is 6.98. The van der Waals surface area contributed by atoms with E-state index >= 15 is 0 Å². The van der Waals surface area contributed by atoms with Crippen LogP contribution in [0.3, 0.4) is 0 Å². The van der Waals surface area contributed by atoms with Crippen molar-refractivity contribution in [2.45, 2.75) is 20.3 Å². The topological polar surface area (TPSA) is 80.1 Å². The third-order valence-electron chi connectivity index (χ3n) is 4.48. The molecule has 0 atom stereocenters. The van der Waals surface area contributed by atoms with Gasteiger partial charge in [0.25, 0.3) is 0 Å². The van der Waals surface area contributed by atoms with E-state index in [1.807, 2.05) is 19.9 Å². The zero-order valence-electron chi connectivity index (χ0n) is 17.3. The highest BCUT2D eigenvalue weighted by atomic mass is 19.1. The molecule has 2 heterocycles. The van der Waals surface area contributed by atoms with E-state index in [1.54, 1.807) is 48.9 Å². The molecule has 0 unspecified atom stereocenters. The molecule has 0 aliphatic rings. The zero-order valence-corrected chi connectivity index (χ0v) is 17.3. The van der Waals surface area contributed by atoms with Crippen LogP contribution in [0.15, 0.2) is 83.3 Å². The summed E-state index contributed by atoms with van der Waals surface area (Å²) in [5, 5.41) is 10.4. The number of aliphatic imine (C=N–C) groups is 1. The minimum absolute atomic E-state index is 0.189. The maximum absolute atomic E-state index is 13.4. The number of pyridine rings is 1. The van der Waals surface area contributed by atoms with Crippen LogP contribution < -0.4 is 5.32 Å². The Labute approximate surface area is 180 Å². The predicted molar refractivity (Wildman–Crippen MR) is 121 cm³/mol. The summed E-state index contributed by atoms with van der Waals surface area (Å²) < 4.78 is 13.4. The van der Waals surface area contributed by atoms with Gasteiger partial charge in [0.1, 0.15) is 11.6 Å². The molecular formula is C24H22FN5O. The van der Waals surface area contributed by atoms with Crippen molar-refractivity contribution in [1.82, 2.24) is 15.2 Å². The van der Waals surface area contributed by atoms with Gasteiger partial charge in [0.15, 0.2) is 0 Å². The summed E-state index contributed by atoms with van der Waals surface area (Å²) in [6.45, 7) is 7.39. The number of hydrogen-bond donors (Lipinski definition) is 1. The Morgan fingerprint density at radius 1 is 1.13 bits per heavy atom. The van der Waals surface area contributed by atoms with E-state index in [0.717, 1.165) is 27.8 Å². The van der Waals surface area contributed by atoms with Gasteiger partial charge in [-0.25, -0.2) is 9.37 Å². The number of rotatable bonds is 7. The van der Waals surface area contributed by atoms with Gasteiger partial charge in [-0.2, -0.15) is 10.2 Å². The molecule has 1 N–H and O–H groups in total. The first kappa shape index (κ1) is 21.7.